The number of sulfonamides is 1. The Kier molecular flexibility index (Phi) is 5.58. The molecule has 0 saturated carbocycles. The number of carboxylic acids is 1. The van der Waals surface area contributed by atoms with Gasteiger partial charge in [-0.05, 0) is 44.2 Å². The molecule has 3 N–H and O–H groups in total. The van der Waals surface area contributed by atoms with Gasteiger partial charge in [-0.3, -0.25) is 9.59 Å². The van der Waals surface area contributed by atoms with E-state index in [2.05, 4.69) is 10.0 Å². The first-order valence-corrected chi connectivity index (χ1v) is 8.92. The van der Waals surface area contributed by atoms with Crippen LogP contribution >= 0.6 is 0 Å². The maximum Gasteiger partial charge on any atom is 0.305 e. The molecule has 1 fully saturated rings. The van der Waals surface area contributed by atoms with Crippen LogP contribution in [0.4, 0.5) is 0 Å². The SMILES string of the molecule is CNS(=O)(=O)c1ccc(C(=O)NC2(CC(=O)O)CCOCC2)cc1. The summed E-state index contributed by atoms with van der Waals surface area (Å²) in [5, 5.41) is 11.9. The summed E-state index contributed by atoms with van der Waals surface area (Å²) >= 11 is 0. The smallest absolute Gasteiger partial charge is 0.305 e. The molecule has 0 bridgehead atoms. The Hall–Kier alpha value is -1.97. The Morgan fingerprint density at radius 2 is 1.79 bits per heavy atom. The fraction of sp³-hybridized carbons (Fsp3) is 0.467. The van der Waals surface area contributed by atoms with E-state index in [-0.39, 0.29) is 16.9 Å². The minimum atomic E-state index is -3.57. The fourth-order valence-electron chi connectivity index (χ4n) is 2.61. The number of hydrogen-bond acceptors (Lipinski definition) is 5. The van der Waals surface area contributed by atoms with Crippen LogP contribution in [-0.4, -0.2) is 51.2 Å². The zero-order chi connectivity index (χ0) is 17.8. The van der Waals surface area contributed by atoms with Crippen LogP contribution < -0.4 is 10.0 Å². The van der Waals surface area contributed by atoms with Crippen LogP contribution in [0.5, 0.6) is 0 Å². The molecule has 9 heteroatoms. The number of carboxylic acid groups (broad SMARTS) is 1. The van der Waals surface area contributed by atoms with Gasteiger partial charge in [0.1, 0.15) is 0 Å². The molecule has 0 aromatic heterocycles. The minimum absolute atomic E-state index is 0.0489. The molecule has 2 rings (SSSR count). The van der Waals surface area contributed by atoms with Gasteiger partial charge in [0.05, 0.1) is 16.9 Å². The van der Waals surface area contributed by atoms with E-state index in [1.807, 2.05) is 0 Å². The van der Waals surface area contributed by atoms with E-state index in [0.29, 0.717) is 26.1 Å². The van der Waals surface area contributed by atoms with Gasteiger partial charge in [-0.2, -0.15) is 0 Å². The van der Waals surface area contributed by atoms with Crippen molar-refractivity contribution >= 4 is 21.9 Å². The van der Waals surface area contributed by atoms with Crippen LogP contribution in [0.25, 0.3) is 0 Å². The van der Waals surface area contributed by atoms with Crippen molar-refractivity contribution in [2.24, 2.45) is 0 Å². The highest BCUT2D eigenvalue weighted by atomic mass is 32.2. The van der Waals surface area contributed by atoms with E-state index in [9.17, 15) is 18.0 Å². The van der Waals surface area contributed by atoms with E-state index >= 15 is 0 Å². The number of carbonyl (C=O) groups excluding carboxylic acids is 1. The highest BCUT2D eigenvalue weighted by Crippen LogP contribution is 2.25. The van der Waals surface area contributed by atoms with E-state index < -0.39 is 27.4 Å². The average molecular weight is 356 g/mol. The Balaban J connectivity index is 2.16. The van der Waals surface area contributed by atoms with Gasteiger partial charge < -0.3 is 15.2 Å². The van der Waals surface area contributed by atoms with Gasteiger partial charge in [-0.25, -0.2) is 13.1 Å². The van der Waals surface area contributed by atoms with E-state index in [4.69, 9.17) is 9.84 Å². The molecular weight excluding hydrogens is 336 g/mol. The summed E-state index contributed by atoms with van der Waals surface area (Å²) in [7, 11) is -2.27. The summed E-state index contributed by atoms with van der Waals surface area (Å²) in [6, 6.07) is 5.45. The highest BCUT2D eigenvalue weighted by Gasteiger charge is 2.36. The summed E-state index contributed by atoms with van der Waals surface area (Å²) < 4.78 is 30.8. The third-order valence-corrected chi connectivity index (χ3v) is 5.44. The van der Waals surface area contributed by atoms with Crippen molar-refractivity contribution in [3.8, 4) is 0 Å². The van der Waals surface area contributed by atoms with Gasteiger partial charge in [0.25, 0.3) is 5.91 Å². The number of ether oxygens (including phenoxy) is 1. The summed E-state index contributed by atoms with van der Waals surface area (Å²) in [6.07, 6.45) is 0.642. The van der Waals surface area contributed by atoms with Gasteiger partial charge in [0.2, 0.25) is 10.0 Å². The van der Waals surface area contributed by atoms with Crippen LogP contribution in [0.3, 0.4) is 0 Å². The number of aliphatic carboxylic acids is 1. The van der Waals surface area contributed by atoms with E-state index in [0.717, 1.165) is 0 Å². The Bertz CT molecular complexity index is 708. The number of amides is 1. The number of hydrogen-bond donors (Lipinski definition) is 3. The van der Waals surface area contributed by atoms with Crippen molar-refractivity contribution in [1.82, 2.24) is 10.0 Å². The van der Waals surface area contributed by atoms with Gasteiger partial charge in [-0.15, -0.1) is 0 Å². The second-order valence-corrected chi connectivity index (χ2v) is 7.54. The maximum atomic E-state index is 12.4. The molecule has 24 heavy (non-hydrogen) atoms. The maximum absolute atomic E-state index is 12.4. The molecule has 132 valence electrons. The number of rotatable bonds is 6. The van der Waals surface area contributed by atoms with Gasteiger partial charge in [0.15, 0.2) is 0 Å². The van der Waals surface area contributed by atoms with Crippen molar-refractivity contribution < 1.29 is 27.9 Å². The number of carbonyl (C=O) groups is 2. The lowest BCUT2D eigenvalue weighted by molar-refractivity contribution is -0.139. The lowest BCUT2D eigenvalue weighted by atomic mass is 9.86. The molecule has 1 aliphatic rings. The quantitative estimate of drug-likeness (QED) is 0.676. The van der Waals surface area contributed by atoms with Crippen LogP contribution in [0.15, 0.2) is 29.2 Å². The molecule has 1 aromatic carbocycles. The highest BCUT2D eigenvalue weighted by molar-refractivity contribution is 7.89. The summed E-state index contributed by atoms with van der Waals surface area (Å²) in [5.74, 6) is -1.43. The topological polar surface area (TPSA) is 122 Å². The molecular formula is C15H20N2O6S. The summed E-state index contributed by atoms with van der Waals surface area (Å²) in [4.78, 5) is 23.6. The fourth-order valence-corrected chi connectivity index (χ4v) is 3.34. The second-order valence-electron chi connectivity index (χ2n) is 5.65. The Morgan fingerprint density at radius 1 is 1.21 bits per heavy atom. The molecule has 1 amide bonds. The normalized spacial score (nSPS) is 17.2. The first-order chi connectivity index (χ1) is 11.3. The zero-order valence-electron chi connectivity index (χ0n) is 13.2. The molecule has 0 atom stereocenters. The predicted molar refractivity (Wildman–Crippen MR) is 85.2 cm³/mol. The van der Waals surface area contributed by atoms with Crippen molar-refractivity contribution in [3.05, 3.63) is 29.8 Å². The molecule has 1 aliphatic heterocycles. The molecule has 1 aromatic rings. The third kappa shape index (κ3) is 4.31. The first-order valence-electron chi connectivity index (χ1n) is 7.44. The lowest BCUT2D eigenvalue weighted by Crippen LogP contribution is -2.53. The van der Waals surface area contributed by atoms with Crippen LogP contribution in [0.1, 0.15) is 29.6 Å². The average Bonchev–Trinajstić information content (AvgIpc) is 2.55. The molecule has 0 spiro atoms. The zero-order valence-corrected chi connectivity index (χ0v) is 14.1. The van der Waals surface area contributed by atoms with E-state index in [1.165, 1.54) is 31.3 Å². The van der Waals surface area contributed by atoms with Crippen LogP contribution in [-0.2, 0) is 19.6 Å². The molecule has 0 radical (unpaired) electrons. The van der Waals surface area contributed by atoms with E-state index in [1.54, 1.807) is 0 Å². The van der Waals surface area contributed by atoms with Crippen LogP contribution in [0.2, 0.25) is 0 Å². The van der Waals surface area contributed by atoms with Crippen molar-refractivity contribution in [1.29, 1.82) is 0 Å². The number of nitrogens with one attached hydrogen (secondary N) is 2. The Labute approximate surface area is 140 Å². The van der Waals surface area contributed by atoms with Gasteiger partial charge >= 0.3 is 5.97 Å². The van der Waals surface area contributed by atoms with Crippen molar-refractivity contribution in [3.63, 3.8) is 0 Å². The lowest BCUT2D eigenvalue weighted by Gasteiger charge is -2.36. The minimum Gasteiger partial charge on any atom is -0.481 e. The van der Waals surface area contributed by atoms with Crippen LogP contribution in [0, 0.1) is 0 Å². The molecule has 0 unspecified atom stereocenters. The summed E-state index contributed by atoms with van der Waals surface area (Å²) in [5.41, 5.74) is -0.585. The Morgan fingerprint density at radius 3 is 2.29 bits per heavy atom. The monoisotopic (exact) mass is 356 g/mol. The second kappa shape index (κ2) is 7.29. The third-order valence-electron chi connectivity index (χ3n) is 4.01. The molecule has 1 heterocycles. The van der Waals surface area contributed by atoms with Gasteiger partial charge in [0, 0.05) is 18.8 Å². The summed E-state index contributed by atoms with van der Waals surface area (Å²) in [6.45, 7) is 0.764. The van der Waals surface area contributed by atoms with Crippen molar-refractivity contribution in [2.75, 3.05) is 20.3 Å². The molecule has 1 saturated heterocycles. The van der Waals surface area contributed by atoms with Crippen molar-refractivity contribution in [2.45, 2.75) is 29.7 Å². The molecule has 8 nitrogen and oxygen atoms in total. The number of benzene rings is 1. The first kappa shape index (κ1) is 18.4. The predicted octanol–water partition coefficient (Wildman–Crippen LogP) is 0.348. The standard InChI is InChI=1S/C15H20N2O6S/c1-16-24(21,22)12-4-2-11(3-5-12)14(20)17-15(10-13(18)19)6-8-23-9-7-15/h2-5,16H,6-10H2,1H3,(H,17,20)(H,18,19). The van der Waals surface area contributed by atoms with Gasteiger partial charge in [-0.1, -0.05) is 0 Å². The largest absolute Gasteiger partial charge is 0.481 e. The molecule has 0 aliphatic carbocycles.